The highest BCUT2D eigenvalue weighted by molar-refractivity contribution is 5.33. The van der Waals surface area contributed by atoms with E-state index in [2.05, 4.69) is 29.0 Å². The van der Waals surface area contributed by atoms with Crippen LogP contribution in [-0.4, -0.2) is 16.7 Å². The van der Waals surface area contributed by atoms with Crippen LogP contribution in [0.15, 0.2) is 40.9 Å². The lowest BCUT2D eigenvalue weighted by Crippen LogP contribution is -2.21. The lowest BCUT2D eigenvalue weighted by Gasteiger charge is -2.15. The maximum atomic E-state index is 5.78. The van der Waals surface area contributed by atoms with Gasteiger partial charge in [0.25, 0.3) is 0 Å². The number of aromatic nitrogens is 2. The summed E-state index contributed by atoms with van der Waals surface area (Å²) in [5.74, 6) is 2.15. The highest BCUT2D eigenvalue weighted by Crippen LogP contribution is 2.21. The summed E-state index contributed by atoms with van der Waals surface area (Å²) < 4.78 is 11.0. The second kappa shape index (κ2) is 7.75. The number of hydrogen-bond acceptors (Lipinski definition) is 5. The molecule has 1 aromatic carbocycles. The highest BCUT2D eigenvalue weighted by Gasteiger charge is 2.16. The lowest BCUT2D eigenvalue weighted by molar-refractivity contribution is 0.318. The van der Waals surface area contributed by atoms with Gasteiger partial charge < -0.3 is 14.6 Å². The van der Waals surface area contributed by atoms with Gasteiger partial charge in [0.15, 0.2) is 5.82 Å². The van der Waals surface area contributed by atoms with Crippen LogP contribution >= 0.6 is 0 Å². The Morgan fingerprint density at radius 2 is 2.18 bits per heavy atom. The number of hydrogen-bond donors (Lipinski definition) is 1. The molecular formula is C17H23N3O2. The number of nitrogens with one attached hydrogen (secondary N) is 1. The molecule has 0 aliphatic heterocycles. The summed E-state index contributed by atoms with van der Waals surface area (Å²) in [6.45, 7) is 10.9. The van der Waals surface area contributed by atoms with Crippen LogP contribution in [0.4, 0.5) is 0 Å². The van der Waals surface area contributed by atoms with Gasteiger partial charge in [0.1, 0.15) is 12.4 Å². The van der Waals surface area contributed by atoms with E-state index in [9.17, 15) is 0 Å². The van der Waals surface area contributed by atoms with Crippen molar-refractivity contribution in [3.8, 4) is 5.75 Å². The summed E-state index contributed by atoms with van der Waals surface area (Å²) in [4.78, 5) is 4.29. The minimum absolute atomic E-state index is 0.0374. The van der Waals surface area contributed by atoms with Gasteiger partial charge in [-0.2, -0.15) is 4.98 Å². The number of benzene rings is 1. The largest absolute Gasteiger partial charge is 0.489 e. The van der Waals surface area contributed by atoms with Gasteiger partial charge in [-0.15, -0.1) is 0 Å². The summed E-state index contributed by atoms with van der Waals surface area (Å²) in [5, 5.41) is 7.29. The highest BCUT2D eigenvalue weighted by atomic mass is 16.5. The average Bonchev–Trinajstić information content (AvgIpc) is 2.93. The molecule has 0 saturated carbocycles. The first-order valence-electron chi connectivity index (χ1n) is 7.48. The van der Waals surface area contributed by atoms with Crippen molar-refractivity contribution in [2.75, 3.05) is 6.61 Å². The standard InChI is InChI=1S/C17H23N3O2/c1-5-15(17-19-13(4)20-22-17)18-10-14-8-6-7-9-16(14)21-11-12(2)3/h6-9,15,18H,2,5,10-11H2,1,3-4H3/t15-/m1/s1. The molecule has 1 heterocycles. The molecule has 5 heteroatoms. The summed E-state index contributed by atoms with van der Waals surface area (Å²) in [6.07, 6.45) is 0.871. The number of nitrogens with zero attached hydrogens (tertiary/aromatic N) is 2. The molecule has 0 spiro atoms. The van der Waals surface area contributed by atoms with E-state index in [1.165, 1.54) is 0 Å². The minimum Gasteiger partial charge on any atom is -0.489 e. The Kier molecular flexibility index (Phi) is 5.72. The third-order valence-electron chi connectivity index (χ3n) is 3.24. The maximum Gasteiger partial charge on any atom is 0.243 e. The van der Waals surface area contributed by atoms with Crippen molar-refractivity contribution < 1.29 is 9.26 Å². The SMILES string of the molecule is C=C(C)COc1ccccc1CN[C@H](CC)c1nc(C)no1. The van der Waals surface area contributed by atoms with Gasteiger partial charge in [-0.3, -0.25) is 0 Å². The molecule has 0 amide bonds. The van der Waals surface area contributed by atoms with Crippen LogP contribution in [0.5, 0.6) is 5.75 Å². The van der Waals surface area contributed by atoms with Crippen molar-refractivity contribution in [1.29, 1.82) is 0 Å². The molecule has 22 heavy (non-hydrogen) atoms. The van der Waals surface area contributed by atoms with Crippen molar-refractivity contribution in [3.63, 3.8) is 0 Å². The molecule has 0 saturated heterocycles. The molecule has 118 valence electrons. The van der Waals surface area contributed by atoms with Crippen LogP contribution in [0.1, 0.15) is 43.6 Å². The smallest absolute Gasteiger partial charge is 0.243 e. The molecule has 0 aliphatic rings. The van der Waals surface area contributed by atoms with E-state index in [1.807, 2.05) is 38.1 Å². The van der Waals surface area contributed by atoms with Gasteiger partial charge in [-0.25, -0.2) is 0 Å². The summed E-state index contributed by atoms with van der Waals surface area (Å²) >= 11 is 0. The third-order valence-corrected chi connectivity index (χ3v) is 3.24. The molecule has 0 aliphatic carbocycles. The van der Waals surface area contributed by atoms with Crippen LogP contribution in [0.3, 0.4) is 0 Å². The van der Waals surface area contributed by atoms with Gasteiger partial charge in [0.05, 0.1) is 6.04 Å². The van der Waals surface area contributed by atoms with Gasteiger partial charge in [-0.1, -0.05) is 36.9 Å². The predicted octanol–water partition coefficient (Wildman–Crippen LogP) is 3.57. The summed E-state index contributed by atoms with van der Waals surface area (Å²) in [7, 11) is 0. The Morgan fingerprint density at radius 3 is 2.82 bits per heavy atom. The fraction of sp³-hybridized carbons (Fsp3) is 0.412. The molecule has 0 radical (unpaired) electrons. The van der Waals surface area contributed by atoms with Crippen molar-refractivity contribution in [3.05, 3.63) is 53.7 Å². The first kappa shape index (κ1) is 16.2. The predicted molar refractivity (Wildman–Crippen MR) is 85.7 cm³/mol. The van der Waals surface area contributed by atoms with Crippen LogP contribution in [-0.2, 0) is 6.54 Å². The number of para-hydroxylation sites is 1. The topological polar surface area (TPSA) is 60.2 Å². The molecule has 0 unspecified atom stereocenters. The molecule has 1 atom stereocenters. The molecule has 5 nitrogen and oxygen atoms in total. The Labute approximate surface area is 131 Å². The van der Waals surface area contributed by atoms with Crippen LogP contribution in [0.25, 0.3) is 0 Å². The fourth-order valence-electron chi connectivity index (χ4n) is 2.09. The minimum atomic E-state index is 0.0374. The monoisotopic (exact) mass is 301 g/mol. The molecule has 0 bridgehead atoms. The van der Waals surface area contributed by atoms with Crippen molar-refractivity contribution in [1.82, 2.24) is 15.5 Å². The number of ether oxygens (including phenoxy) is 1. The van der Waals surface area contributed by atoms with Crippen molar-refractivity contribution in [2.45, 2.75) is 39.8 Å². The zero-order chi connectivity index (χ0) is 15.9. The molecule has 1 N–H and O–H groups in total. The molecule has 1 aromatic heterocycles. The average molecular weight is 301 g/mol. The molecule has 2 aromatic rings. The van der Waals surface area contributed by atoms with E-state index in [4.69, 9.17) is 9.26 Å². The van der Waals surface area contributed by atoms with Gasteiger partial charge >= 0.3 is 0 Å². The summed E-state index contributed by atoms with van der Waals surface area (Å²) in [5.41, 5.74) is 2.09. The lowest BCUT2D eigenvalue weighted by atomic mass is 10.1. The van der Waals surface area contributed by atoms with E-state index in [0.717, 1.165) is 23.3 Å². The van der Waals surface area contributed by atoms with Crippen molar-refractivity contribution in [2.24, 2.45) is 0 Å². The fourth-order valence-corrected chi connectivity index (χ4v) is 2.09. The summed E-state index contributed by atoms with van der Waals surface area (Å²) in [6, 6.07) is 8.03. The van der Waals surface area contributed by atoms with E-state index < -0.39 is 0 Å². The Bertz CT molecular complexity index is 622. The molecule has 0 fully saturated rings. The van der Waals surface area contributed by atoms with Crippen LogP contribution in [0.2, 0.25) is 0 Å². The number of rotatable bonds is 8. The van der Waals surface area contributed by atoms with Gasteiger partial charge in [0, 0.05) is 12.1 Å². The van der Waals surface area contributed by atoms with E-state index in [0.29, 0.717) is 24.9 Å². The van der Waals surface area contributed by atoms with Gasteiger partial charge in [0.2, 0.25) is 5.89 Å². The Hall–Kier alpha value is -2.14. The first-order valence-corrected chi connectivity index (χ1v) is 7.48. The molecule has 2 rings (SSSR count). The van der Waals surface area contributed by atoms with E-state index in [-0.39, 0.29) is 6.04 Å². The quantitative estimate of drug-likeness (QED) is 0.755. The van der Waals surface area contributed by atoms with Crippen LogP contribution in [0, 0.1) is 6.92 Å². The molecular weight excluding hydrogens is 278 g/mol. The zero-order valence-corrected chi connectivity index (χ0v) is 13.4. The maximum absolute atomic E-state index is 5.78. The second-order valence-corrected chi connectivity index (χ2v) is 5.38. The first-order chi connectivity index (χ1) is 10.6. The van der Waals surface area contributed by atoms with E-state index in [1.54, 1.807) is 0 Å². The second-order valence-electron chi connectivity index (χ2n) is 5.38. The van der Waals surface area contributed by atoms with Gasteiger partial charge in [-0.05, 0) is 31.9 Å². The number of aryl methyl sites for hydroxylation is 1. The van der Waals surface area contributed by atoms with E-state index >= 15 is 0 Å². The normalized spacial score (nSPS) is 12.1. The van der Waals surface area contributed by atoms with Crippen LogP contribution < -0.4 is 10.1 Å². The Balaban J connectivity index is 2.02. The third kappa shape index (κ3) is 4.43. The zero-order valence-electron chi connectivity index (χ0n) is 13.4. The Morgan fingerprint density at radius 1 is 1.41 bits per heavy atom. The van der Waals surface area contributed by atoms with Crippen molar-refractivity contribution >= 4 is 0 Å².